The number of fused-ring (bicyclic) bond motifs is 1. The molecule has 0 radical (unpaired) electrons. The Balaban J connectivity index is 1.95. The minimum absolute atomic E-state index is 0.0572. The lowest BCUT2D eigenvalue weighted by Crippen LogP contribution is -2.31. The minimum atomic E-state index is -0.484. The van der Waals surface area contributed by atoms with Crippen LogP contribution in [-0.4, -0.2) is 17.8 Å². The van der Waals surface area contributed by atoms with Crippen LogP contribution in [-0.2, 0) is 13.0 Å². The normalized spacial score (nSPS) is 13.6. The number of nitro benzene ring substituents is 1. The van der Waals surface area contributed by atoms with Crippen molar-refractivity contribution in [3.05, 3.63) is 69.3 Å². The largest absolute Gasteiger partial charge is 0.366 e. The molecule has 2 aromatic rings. The second-order valence-electron chi connectivity index (χ2n) is 5.06. The van der Waals surface area contributed by atoms with Crippen LogP contribution in [0.2, 0.25) is 0 Å². The van der Waals surface area contributed by atoms with Gasteiger partial charge in [-0.1, -0.05) is 24.3 Å². The van der Waals surface area contributed by atoms with E-state index in [-0.39, 0.29) is 5.69 Å². The number of carbonyl (C=O) groups excluding carboxylic acids is 1. The van der Waals surface area contributed by atoms with Crippen LogP contribution < -0.4 is 4.90 Å². The molecule has 0 unspecified atom stereocenters. The van der Waals surface area contributed by atoms with Gasteiger partial charge in [0.1, 0.15) is 0 Å². The van der Waals surface area contributed by atoms with Gasteiger partial charge >= 0.3 is 0 Å². The van der Waals surface area contributed by atoms with Gasteiger partial charge in [0.2, 0.25) is 0 Å². The first kappa shape index (κ1) is 13.3. The van der Waals surface area contributed by atoms with Crippen molar-refractivity contribution in [2.24, 2.45) is 0 Å². The molecule has 21 heavy (non-hydrogen) atoms. The topological polar surface area (TPSA) is 63.4 Å². The number of rotatable bonds is 3. The van der Waals surface area contributed by atoms with Crippen molar-refractivity contribution in [3.8, 4) is 0 Å². The Hall–Kier alpha value is -2.69. The Kier molecular flexibility index (Phi) is 3.39. The quantitative estimate of drug-likeness (QED) is 0.493. The fourth-order valence-electron chi connectivity index (χ4n) is 2.74. The summed E-state index contributed by atoms with van der Waals surface area (Å²) in [6, 6.07) is 12.7. The van der Waals surface area contributed by atoms with Gasteiger partial charge in [-0.15, -0.1) is 0 Å². The van der Waals surface area contributed by atoms with E-state index in [4.69, 9.17) is 0 Å². The molecule has 0 saturated carbocycles. The Bertz CT molecular complexity index is 712. The zero-order valence-corrected chi connectivity index (χ0v) is 11.4. The Labute approximate surface area is 122 Å². The predicted molar refractivity (Wildman–Crippen MR) is 79.7 cm³/mol. The number of hydrogen-bond acceptors (Lipinski definition) is 4. The first-order chi connectivity index (χ1) is 10.2. The number of anilines is 1. The van der Waals surface area contributed by atoms with E-state index in [0.29, 0.717) is 11.8 Å². The maximum Gasteiger partial charge on any atom is 0.270 e. The zero-order valence-electron chi connectivity index (χ0n) is 11.4. The van der Waals surface area contributed by atoms with Crippen molar-refractivity contribution in [2.75, 3.05) is 11.4 Å². The number of nitrogens with zero attached hydrogens (tertiary/aromatic N) is 2. The average Bonchev–Trinajstić information content (AvgIpc) is 2.53. The number of benzene rings is 2. The molecule has 0 fully saturated rings. The lowest BCUT2D eigenvalue weighted by Gasteiger charge is -2.31. The van der Waals surface area contributed by atoms with Crippen LogP contribution in [0.4, 0.5) is 11.4 Å². The van der Waals surface area contributed by atoms with Crippen LogP contribution in [0.1, 0.15) is 21.5 Å². The molecule has 0 bridgehead atoms. The molecule has 0 amide bonds. The van der Waals surface area contributed by atoms with E-state index in [1.807, 2.05) is 12.1 Å². The summed E-state index contributed by atoms with van der Waals surface area (Å²) < 4.78 is 0. The van der Waals surface area contributed by atoms with Crippen molar-refractivity contribution >= 4 is 17.7 Å². The molecule has 1 aliphatic heterocycles. The van der Waals surface area contributed by atoms with Crippen molar-refractivity contribution in [1.29, 1.82) is 0 Å². The molecule has 5 heteroatoms. The van der Waals surface area contributed by atoms with Gasteiger partial charge in [0, 0.05) is 36.5 Å². The molecule has 5 nitrogen and oxygen atoms in total. The highest BCUT2D eigenvalue weighted by Gasteiger charge is 2.20. The molecule has 0 saturated heterocycles. The van der Waals surface area contributed by atoms with Crippen molar-refractivity contribution < 1.29 is 9.72 Å². The summed E-state index contributed by atoms with van der Waals surface area (Å²) in [6.45, 7) is 1.52. The summed E-state index contributed by atoms with van der Waals surface area (Å²) >= 11 is 0. The third-order valence-electron chi connectivity index (χ3n) is 3.82. The molecule has 0 atom stereocenters. The number of aldehydes is 1. The summed E-state index contributed by atoms with van der Waals surface area (Å²) in [7, 11) is 0. The lowest BCUT2D eigenvalue weighted by atomic mass is 9.99. The van der Waals surface area contributed by atoms with Gasteiger partial charge in [0.25, 0.3) is 5.69 Å². The van der Waals surface area contributed by atoms with Gasteiger partial charge in [-0.2, -0.15) is 0 Å². The fraction of sp³-hybridized carbons (Fsp3) is 0.188. The minimum Gasteiger partial charge on any atom is -0.366 e. The zero-order chi connectivity index (χ0) is 14.8. The smallest absolute Gasteiger partial charge is 0.270 e. The van der Waals surface area contributed by atoms with E-state index in [2.05, 4.69) is 17.0 Å². The first-order valence-corrected chi connectivity index (χ1v) is 6.74. The predicted octanol–water partition coefficient (Wildman–Crippen LogP) is 2.97. The SMILES string of the molecule is O=Cc1cc([N+](=O)[O-])ccc1N1CCc2ccccc2C1. The van der Waals surface area contributed by atoms with Crippen LogP contribution >= 0.6 is 0 Å². The Morgan fingerprint density at radius 3 is 2.62 bits per heavy atom. The standard InChI is InChI=1S/C16H14N2O3/c19-11-14-9-15(18(20)21)5-6-16(14)17-8-7-12-3-1-2-4-13(12)10-17/h1-6,9,11H,7-8,10H2. The second kappa shape index (κ2) is 5.36. The third kappa shape index (κ3) is 2.50. The van der Waals surface area contributed by atoms with E-state index in [1.165, 1.54) is 23.3 Å². The highest BCUT2D eigenvalue weighted by Crippen LogP contribution is 2.29. The highest BCUT2D eigenvalue weighted by atomic mass is 16.6. The molecular formula is C16H14N2O3. The molecule has 0 aliphatic carbocycles. The second-order valence-corrected chi connectivity index (χ2v) is 5.06. The van der Waals surface area contributed by atoms with Gasteiger partial charge in [0.15, 0.2) is 6.29 Å². The van der Waals surface area contributed by atoms with Crippen LogP contribution in [0.3, 0.4) is 0 Å². The average molecular weight is 282 g/mol. The Morgan fingerprint density at radius 2 is 1.90 bits per heavy atom. The number of hydrogen-bond donors (Lipinski definition) is 0. The van der Waals surface area contributed by atoms with Crippen LogP contribution in [0.15, 0.2) is 42.5 Å². The molecule has 2 aromatic carbocycles. The van der Waals surface area contributed by atoms with Crippen molar-refractivity contribution in [1.82, 2.24) is 0 Å². The van der Waals surface area contributed by atoms with E-state index in [0.717, 1.165) is 25.2 Å². The molecule has 0 N–H and O–H groups in total. The summed E-state index contributed by atoms with van der Waals surface area (Å²) in [5, 5.41) is 10.8. The molecule has 106 valence electrons. The fourth-order valence-corrected chi connectivity index (χ4v) is 2.74. The van der Waals surface area contributed by atoms with Crippen molar-refractivity contribution in [3.63, 3.8) is 0 Å². The lowest BCUT2D eigenvalue weighted by molar-refractivity contribution is -0.384. The molecule has 1 heterocycles. The number of non-ortho nitro benzene ring substituents is 1. The van der Waals surface area contributed by atoms with Gasteiger partial charge < -0.3 is 4.90 Å². The van der Waals surface area contributed by atoms with E-state index in [1.54, 1.807) is 6.07 Å². The highest BCUT2D eigenvalue weighted by molar-refractivity contribution is 5.86. The first-order valence-electron chi connectivity index (χ1n) is 6.74. The van der Waals surface area contributed by atoms with Crippen LogP contribution in [0, 0.1) is 10.1 Å². The number of carbonyl (C=O) groups is 1. The molecule has 0 spiro atoms. The molecule has 1 aliphatic rings. The molecular weight excluding hydrogens is 268 g/mol. The molecule has 0 aromatic heterocycles. The Morgan fingerprint density at radius 1 is 1.14 bits per heavy atom. The summed E-state index contributed by atoms with van der Waals surface area (Å²) in [4.78, 5) is 23.6. The van der Waals surface area contributed by atoms with Gasteiger partial charge in [-0.05, 0) is 23.6 Å². The summed E-state index contributed by atoms with van der Waals surface area (Å²) in [5.41, 5.74) is 3.62. The maximum atomic E-state index is 11.2. The van der Waals surface area contributed by atoms with E-state index >= 15 is 0 Å². The van der Waals surface area contributed by atoms with Gasteiger partial charge in [-0.25, -0.2) is 0 Å². The van der Waals surface area contributed by atoms with E-state index in [9.17, 15) is 14.9 Å². The molecule has 3 rings (SSSR count). The monoisotopic (exact) mass is 282 g/mol. The summed E-state index contributed by atoms with van der Waals surface area (Å²) in [6.07, 6.45) is 1.59. The van der Waals surface area contributed by atoms with Gasteiger partial charge in [0.05, 0.1) is 4.92 Å². The third-order valence-corrected chi connectivity index (χ3v) is 3.82. The maximum absolute atomic E-state index is 11.2. The van der Waals surface area contributed by atoms with Crippen LogP contribution in [0.25, 0.3) is 0 Å². The van der Waals surface area contributed by atoms with E-state index < -0.39 is 4.92 Å². The number of nitro groups is 1. The van der Waals surface area contributed by atoms with Gasteiger partial charge in [-0.3, -0.25) is 14.9 Å². The van der Waals surface area contributed by atoms with Crippen molar-refractivity contribution in [2.45, 2.75) is 13.0 Å². The van der Waals surface area contributed by atoms with Crippen LogP contribution in [0.5, 0.6) is 0 Å². The summed E-state index contributed by atoms with van der Waals surface area (Å²) in [5.74, 6) is 0.